The Morgan fingerprint density at radius 2 is 1.48 bits per heavy atom. The Morgan fingerprint density at radius 1 is 0.891 bits per heavy atom. The summed E-state index contributed by atoms with van der Waals surface area (Å²) in [6.45, 7) is 1.83. The molecular weight excluding hydrogens is 618 g/mol. The van der Waals surface area contributed by atoms with Crippen LogP contribution in [0.1, 0.15) is 62.1 Å². The van der Waals surface area contributed by atoms with Gasteiger partial charge in [0.2, 0.25) is 21.8 Å². The number of likely N-dealkylation sites (N-methyl/N-ethyl adjacent to an activating group) is 1. The molecule has 0 spiro atoms. The van der Waals surface area contributed by atoms with Gasteiger partial charge in [0.25, 0.3) is 0 Å². The van der Waals surface area contributed by atoms with Crippen LogP contribution >= 0.6 is 11.6 Å². The molecule has 244 valence electrons. The van der Waals surface area contributed by atoms with Crippen molar-refractivity contribution in [3.8, 4) is 0 Å². The van der Waals surface area contributed by atoms with Gasteiger partial charge in [-0.2, -0.15) is 0 Å². The molecule has 46 heavy (non-hydrogen) atoms. The van der Waals surface area contributed by atoms with Gasteiger partial charge >= 0.3 is 0 Å². The fraction of sp³-hybridized carbons (Fsp3) is 0.459. The van der Waals surface area contributed by atoms with Gasteiger partial charge in [-0.3, -0.25) is 13.9 Å². The van der Waals surface area contributed by atoms with Gasteiger partial charge in [-0.1, -0.05) is 72.3 Å². The Hall–Kier alpha value is -3.36. The summed E-state index contributed by atoms with van der Waals surface area (Å²) in [5.74, 6) is 1.61. The maximum atomic E-state index is 14.3. The summed E-state index contributed by atoms with van der Waals surface area (Å²) >= 11 is 6.53. The lowest BCUT2D eigenvalue weighted by Crippen LogP contribution is -2.53. The monoisotopic (exact) mass is 661 g/mol. The van der Waals surface area contributed by atoms with Gasteiger partial charge in [-0.15, -0.1) is 0 Å². The number of halogens is 1. The van der Waals surface area contributed by atoms with Crippen molar-refractivity contribution in [3.05, 3.63) is 101 Å². The Labute approximate surface area is 278 Å². The predicted octanol–water partition coefficient (Wildman–Crippen LogP) is 6.35. The van der Waals surface area contributed by atoms with Crippen LogP contribution in [0.3, 0.4) is 0 Å². The smallest absolute Gasteiger partial charge is 0.244 e. The van der Waals surface area contributed by atoms with E-state index in [-0.39, 0.29) is 24.3 Å². The van der Waals surface area contributed by atoms with Crippen molar-refractivity contribution in [2.24, 2.45) is 17.8 Å². The van der Waals surface area contributed by atoms with Gasteiger partial charge < -0.3 is 10.2 Å². The maximum absolute atomic E-state index is 14.3. The van der Waals surface area contributed by atoms with Gasteiger partial charge in [0.1, 0.15) is 12.6 Å². The molecule has 7 rings (SSSR count). The van der Waals surface area contributed by atoms with E-state index in [1.54, 1.807) is 6.07 Å². The van der Waals surface area contributed by atoms with Crippen LogP contribution in [-0.2, 0) is 38.0 Å². The molecule has 0 heterocycles. The number of hydrogen-bond acceptors (Lipinski definition) is 4. The summed E-state index contributed by atoms with van der Waals surface area (Å²) in [6, 6.07) is 23.7. The number of hydrogen-bond donors (Lipinski definition) is 1. The van der Waals surface area contributed by atoms with Crippen molar-refractivity contribution >= 4 is 39.1 Å². The Bertz CT molecular complexity index is 1630. The number of amides is 2. The molecule has 9 heteroatoms. The average Bonchev–Trinajstić information content (AvgIpc) is 3.02. The van der Waals surface area contributed by atoms with Gasteiger partial charge in [0.05, 0.1) is 11.9 Å². The van der Waals surface area contributed by atoms with Crippen LogP contribution < -0.4 is 9.62 Å². The van der Waals surface area contributed by atoms with E-state index in [4.69, 9.17) is 11.6 Å². The number of anilines is 1. The standard InChI is InChI=1S/C37H44ClN3O4S/c1-3-39-36(43)34(20-26-9-5-4-6-10-26)40(24-30-11-7-8-12-33(30)38)35(42)25-41(46(2,44)45)32-15-13-31(14-16-32)37-21-27-17-28(22-37)19-29(18-27)23-37/h4-16,27-29,34H,3,17-25H2,1-2H3,(H,39,43)/t27?,28?,29?,34-,37?/m0/s1. The summed E-state index contributed by atoms with van der Waals surface area (Å²) in [4.78, 5) is 29.3. The lowest BCUT2D eigenvalue weighted by Gasteiger charge is -2.57. The number of nitrogens with one attached hydrogen (secondary N) is 1. The molecule has 0 saturated heterocycles. The third-order valence-electron chi connectivity index (χ3n) is 10.4. The second-order valence-corrected chi connectivity index (χ2v) is 16.0. The molecule has 4 fully saturated rings. The molecule has 0 unspecified atom stereocenters. The molecule has 7 nitrogen and oxygen atoms in total. The fourth-order valence-electron chi connectivity index (χ4n) is 8.72. The van der Waals surface area contributed by atoms with E-state index in [0.717, 1.165) is 33.9 Å². The third kappa shape index (κ3) is 6.98. The zero-order valence-corrected chi connectivity index (χ0v) is 28.3. The SMILES string of the molecule is CCNC(=O)[C@H](Cc1ccccc1)N(Cc1ccccc1Cl)C(=O)CN(c1ccc(C23CC4CC(CC(C4)C2)C3)cc1)S(C)(=O)=O. The van der Waals surface area contributed by atoms with Crippen LogP contribution in [0.15, 0.2) is 78.9 Å². The molecule has 3 aromatic carbocycles. The Kier molecular flexibility index (Phi) is 9.49. The van der Waals surface area contributed by atoms with Crippen LogP contribution in [0.2, 0.25) is 5.02 Å². The molecule has 2 amide bonds. The Morgan fingerprint density at radius 3 is 2.04 bits per heavy atom. The zero-order chi connectivity index (χ0) is 32.5. The van der Waals surface area contributed by atoms with Gasteiger partial charge in [-0.25, -0.2) is 8.42 Å². The molecule has 0 aliphatic heterocycles. The van der Waals surface area contributed by atoms with Crippen LogP contribution in [0.4, 0.5) is 5.69 Å². The van der Waals surface area contributed by atoms with E-state index in [0.29, 0.717) is 22.8 Å². The van der Waals surface area contributed by atoms with E-state index in [2.05, 4.69) is 17.4 Å². The molecule has 1 N–H and O–H groups in total. The topological polar surface area (TPSA) is 86.8 Å². The number of rotatable bonds is 12. The number of carbonyl (C=O) groups is 2. The average molecular weight is 662 g/mol. The largest absolute Gasteiger partial charge is 0.355 e. The lowest BCUT2D eigenvalue weighted by atomic mass is 9.48. The van der Waals surface area contributed by atoms with E-state index in [1.165, 1.54) is 49.0 Å². The minimum atomic E-state index is -3.84. The predicted molar refractivity (Wildman–Crippen MR) is 183 cm³/mol. The molecule has 4 saturated carbocycles. The number of carbonyl (C=O) groups excluding carboxylic acids is 2. The van der Waals surface area contributed by atoms with Crippen LogP contribution in [-0.4, -0.2) is 50.5 Å². The number of nitrogens with zero attached hydrogens (tertiary/aromatic N) is 2. The highest BCUT2D eigenvalue weighted by molar-refractivity contribution is 7.92. The molecule has 0 radical (unpaired) electrons. The van der Waals surface area contributed by atoms with Gasteiger partial charge in [-0.05, 0) is 104 Å². The summed E-state index contributed by atoms with van der Waals surface area (Å²) in [7, 11) is -3.84. The molecule has 4 aliphatic carbocycles. The quantitative estimate of drug-likeness (QED) is 0.245. The van der Waals surface area contributed by atoms with E-state index < -0.39 is 28.5 Å². The molecule has 0 aromatic heterocycles. The summed E-state index contributed by atoms with van der Waals surface area (Å²) < 4.78 is 27.7. The number of benzene rings is 3. The zero-order valence-electron chi connectivity index (χ0n) is 26.7. The normalized spacial score (nSPS) is 23.9. The lowest BCUT2D eigenvalue weighted by molar-refractivity contribution is -0.140. The third-order valence-corrected chi connectivity index (χ3v) is 11.9. The molecule has 3 aromatic rings. The second-order valence-electron chi connectivity index (χ2n) is 13.7. The minimum Gasteiger partial charge on any atom is -0.355 e. The van der Waals surface area contributed by atoms with Crippen molar-refractivity contribution in [3.63, 3.8) is 0 Å². The highest BCUT2D eigenvalue weighted by Crippen LogP contribution is 2.60. The molecular formula is C37H44ClN3O4S. The first kappa shape index (κ1) is 32.6. The molecule has 4 bridgehead atoms. The van der Waals surface area contributed by atoms with Crippen molar-refractivity contribution in [2.45, 2.75) is 69.9 Å². The molecule has 4 aliphatic rings. The van der Waals surface area contributed by atoms with Gasteiger partial charge in [0.15, 0.2) is 0 Å². The first-order valence-corrected chi connectivity index (χ1v) is 18.7. The fourth-order valence-corrected chi connectivity index (χ4v) is 9.76. The number of sulfonamides is 1. The second kappa shape index (κ2) is 13.4. The minimum absolute atomic E-state index is 0.0513. The van der Waals surface area contributed by atoms with Crippen molar-refractivity contribution in [1.82, 2.24) is 10.2 Å². The summed E-state index contributed by atoms with van der Waals surface area (Å²) in [5, 5.41) is 3.35. The Balaban J connectivity index is 1.30. The van der Waals surface area contributed by atoms with E-state index in [9.17, 15) is 18.0 Å². The summed E-state index contributed by atoms with van der Waals surface area (Å²) in [5.41, 5.74) is 3.47. The van der Waals surface area contributed by atoms with Crippen LogP contribution in [0, 0.1) is 17.8 Å². The van der Waals surface area contributed by atoms with Crippen molar-refractivity contribution < 1.29 is 18.0 Å². The highest BCUT2D eigenvalue weighted by atomic mass is 35.5. The van der Waals surface area contributed by atoms with Crippen LogP contribution in [0.5, 0.6) is 0 Å². The van der Waals surface area contributed by atoms with Crippen LogP contribution in [0.25, 0.3) is 0 Å². The first-order chi connectivity index (χ1) is 22.0. The van der Waals surface area contributed by atoms with Gasteiger partial charge in [0, 0.05) is 24.5 Å². The first-order valence-electron chi connectivity index (χ1n) is 16.5. The molecule has 1 atom stereocenters. The van der Waals surface area contributed by atoms with E-state index >= 15 is 0 Å². The highest BCUT2D eigenvalue weighted by Gasteiger charge is 2.51. The van der Waals surface area contributed by atoms with E-state index in [1.807, 2.05) is 67.6 Å². The van der Waals surface area contributed by atoms with Crippen molar-refractivity contribution in [2.75, 3.05) is 23.7 Å². The maximum Gasteiger partial charge on any atom is 0.244 e. The summed E-state index contributed by atoms with van der Waals surface area (Å²) in [6.07, 6.45) is 9.10. The van der Waals surface area contributed by atoms with Crippen molar-refractivity contribution in [1.29, 1.82) is 0 Å².